The number of nitrogens with zero attached hydrogens (tertiary/aromatic N) is 3. The van der Waals surface area contributed by atoms with E-state index in [1.165, 1.54) is 24.4 Å². The monoisotopic (exact) mass is 313 g/mol. The van der Waals surface area contributed by atoms with Crippen LogP contribution in [-0.2, 0) is 0 Å². The minimum atomic E-state index is -1.12. The molecule has 0 saturated heterocycles. The molecule has 6 nitrogen and oxygen atoms in total. The van der Waals surface area contributed by atoms with Crippen molar-refractivity contribution in [2.24, 2.45) is 0 Å². The van der Waals surface area contributed by atoms with E-state index in [0.29, 0.717) is 5.56 Å². The van der Waals surface area contributed by atoms with Gasteiger partial charge in [0.05, 0.1) is 5.56 Å². The first-order valence-corrected chi connectivity index (χ1v) is 6.72. The zero-order chi connectivity index (χ0) is 16.6. The van der Waals surface area contributed by atoms with Crippen LogP contribution in [-0.4, -0.2) is 30.9 Å². The number of rotatable bonds is 3. The van der Waals surface area contributed by atoms with Gasteiger partial charge in [0.25, 0.3) is 0 Å². The van der Waals surface area contributed by atoms with Crippen LogP contribution in [0.1, 0.15) is 15.9 Å². The van der Waals surface area contributed by atoms with E-state index in [2.05, 4.69) is 10.1 Å². The molecule has 0 amide bonds. The molecule has 2 N–H and O–H groups in total. The first-order valence-electron chi connectivity index (χ1n) is 6.72. The van der Waals surface area contributed by atoms with Crippen molar-refractivity contribution in [1.82, 2.24) is 14.8 Å². The first-order chi connectivity index (χ1) is 11.0. The Hall–Kier alpha value is -3.22. The van der Waals surface area contributed by atoms with E-state index in [1.54, 1.807) is 25.1 Å². The molecule has 1 aromatic carbocycles. The van der Waals surface area contributed by atoms with Gasteiger partial charge in [-0.1, -0.05) is 12.1 Å². The molecule has 0 aliphatic carbocycles. The molecule has 0 aliphatic heterocycles. The minimum Gasteiger partial charge on any atom is -0.493 e. The Morgan fingerprint density at radius 1 is 1.26 bits per heavy atom. The van der Waals surface area contributed by atoms with Gasteiger partial charge in [-0.25, -0.2) is 14.2 Å². The van der Waals surface area contributed by atoms with Crippen molar-refractivity contribution in [1.29, 1.82) is 0 Å². The van der Waals surface area contributed by atoms with Gasteiger partial charge in [0, 0.05) is 17.3 Å². The van der Waals surface area contributed by atoms with E-state index in [9.17, 15) is 14.3 Å². The van der Waals surface area contributed by atoms with Crippen LogP contribution in [0.15, 0.2) is 42.6 Å². The molecule has 0 spiro atoms. The summed E-state index contributed by atoms with van der Waals surface area (Å²) in [5.74, 6) is -1.68. The van der Waals surface area contributed by atoms with Crippen LogP contribution in [0.5, 0.6) is 5.88 Å². The molecule has 7 heteroatoms. The number of carbonyl (C=O) groups is 1. The maximum Gasteiger partial charge on any atom is 0.335 e. The van der Waals surface area contributed by atoms with Crippen LogP contribution >= 0.6 is 0 Å². The van der Waals surface area contributed by atoms with Crippen molar-refractivity contribution in [2.45, 2.75) is 6.92 Å². The Bertz CT molecular complexity index is 905. The van der Waals surface area contributed by atoms with Gasteiger partial charge >= 0.3 is 5.97 Å². The van der Waals surface area contributed by atoms with E-state index in [-0.39, 0.29) is 28.5 Å². The van der Waals surface area contributed by atoms with Crippen LogP contribution < -0.4 is 0 Å². The van der Waals surface area contributed by atoms with Crippen molar-refractivity contribution >= 4 is 5.97 Å². The lowest BCUT2D eigenvalue weighted by molar-refractivity contribution is 0.0696. The third-order valence-electron chi connectivity index (χ3n) is 3.43. The molecule has 0 fully saturated rings. The fraction of sp³-hybridized carbons (Fsp3) is 0.0625. The lowest BCUT2D eigenvalue weighted by atomic mass is 10.1. The van der Waals surface area contributed by atoms with Gasteiger partial charge in [0.15, 0.2) is 5.82 Å². The third-order valence-corrected chi connectivity index (χ3v) is 3.43. The van der Waals surface area contributed by atoms with Gasteiger partial charge in [-0.2, -0.15) is 9.78 Å². The highest BCUT2D eigenvalue weighted by Gasteiger charge is 2.19. The zero-order valence-corrected chi connectivity index (χ0v) is 12.1. The molecule has 0 aliphatic rings. The van der Waals surface area contributed by atoms with Gasteiger partial charge in [-0.3, -0.25) is 0 Å². The maximum atomic E-state index is 13.9. The fourth-order valence-corrected chi connectivity index (χ4v) is 2.22. The molecule has 0 atom stereocenters. The topological polar surface area (TPSA) is 88.2 Å². The number of hydrogen-bond donors (Lipinski definition) is 2. The average molecular weight is 313 g/mol. The molecule has 3 aromatic rings. The molecule has 0 radical (unpaired) electrons. The van der Waals surface area contributed by atoms with Gasteiger partial charge < -0.3 is 10.2 Å². The second kappa shape index (κ2) is 5.53. The summed E-state index contributed by atoms with van der Waals surface area (Å²) < 4.78 is 15.0. The molecule has 0 unspecified atom stereocenters. The van der Waals surface area contributed by atoms with Gasteiger partial charge in [-0.05, 0) is 31.2 Å². The molecule has 3 rings (SSSR count). The number of aromatic hydroxyl groups is 1. The SMILES string of the molecule is Cc1c(-c2ccccc2F)nn(-c2cc(C(=O)O)ccn2)c1O. The van der Waals surface area contributed by atoms with Gasteiger partial charge in [0.1, 0.15) is 11.5 Å². The molecule has 2 heterocycles. The van der Waals surface area contributed by atoms with Gasteiger partial charge in [-0.15, -0.1) is 0 Å². The minimum absolute atomic E-state index is 0.00925. The number of aromatic nitrogens is 3. The average Bonchev–Trinajstić information content (AvgIpc) is 2.84. The van der Waals surface area contributed by atoms with E-state index in [4.69, 9.17) is 5.11 Å². The number of hydrogen-bond acceptors (Lipinski definition) is 4. The Morgan fingerprint density at radius 3 is 2.70 bits per heavy atom. The molecular formula is C16H12FN3O3. The molecule has 23 heavy (non-hydrogen) atoms. The van der Waals surface area contributed by atoms with E-state index < -0.39 is 11.8 Å². The number of halogens is 1. The second-order valence-electron chi connectivity index (χ2n) is 4.90. The lowest BCUT2D eigenvalue weighted by Gasteiger charge is -2.03. The van der Waals surface area contributed by atoms with Crippen LogP contribution in [0, 0.1) is 12.7 Å². The summed E-state index contributed by atoms with van der Waals surface area (Å²) in [6.07, 6.45) is 1.30. The lowest BCUT2D eigenvalue weighted by Crippen LogP contribution is -2.03. The summed E-state index contributed by atoms with van der Waals surface area (Å²) in [5.41, 5.74) is 0.893. The molecule has 2 aromatic heterocycles. The molecular weight excluding hydrogens is 301 g/mol. The number of benzene rings is 1. The number of pyridine rings is 1. The van der Waals surface area contributed by atoms with Crippen LogP contribution in [0.3, 0.4) is 0 Å². The number of aromatic carboxylic acids is 1. The van der Waals surface area contributed by atoms with Crippen molar-refractivity contribution in [3.8, 4) is 23.0 Å². The summed E-state index contributed by atoms with van der Waals surface area (Å²) >= 11 is 0. The van der Waals surface area contributed by atoms with Crippen LogP contribution in [0.4, 0.5) is 4.39 Å². The summed E-state index contributed by atoms with van der Waals surface area (Å²) in [4.78, 5) is 15.0. The van der Waals surface area contributed by atoms with Crippen LogP contribution in [0.2, 0.25) is 0 Å². The Labute approximate surface area is 130 Å². The maximum absolute atomic E-state index is 13.9. The summed E-state index contributed by atoms with van der Waals surface area (Å²) in [7, 11) is 0. The third kappa shape index (κ3) is 2.52. The predicted molar refractivity (Wildman–Crippen MR) is 80.1 cm³/mol. The summed E-state index contributed by atoms with van der Waals surface area (Å²) in [6, 6.07) is 8.68. The predicted octanol–water partition coefficient (Wildman–Crippen LogP) is 2.79. The van der Waals surface area contributed by atoms with E-state index in [0.717, 1.165) is 4.68 Å². The smallest absolute Gasteiger partial charge is 0.335 e. The highest BCUT2D eigenvalue weighted by atomic mass is 19.1. The van der Waals surface area contributed by atoms with Crippen molar-refractivity contribution in [2.75, 3.05) is 0 Å². The summed E-state index contributed by atoms with van der Waals surface area (Å²) in [5, 5.41) is 23.5. The Balaban J connectivity index is 2.16. The number of carboxylic acids is 1. The highest BCUT2D eigenvalue weighted by Crippen LogP contribution is 2.31. The summed E-state index contributed by atoms with van der Waals surface area (Å²) in [6.45, 7) is 1.60. The Kier molecular flexibility index (Phi) is 3.53. The molecule has 0 bridgehead atoms. The molecule has 0 saturated carbocycles. The van der Waals surface area contributed by atoms with Crippen LogP contribution in [0.25, 0.3) is 17.1 Å². The second-order valence-corrected chi connectivity index (χ2v) is 4.90. The fourth-order valence-electron chi connectivity index (χ4n) is 2.22. The van der Waals surface area contributed by atoms with Crippen molar-refractivity contribution < 1.29 is 19.4 Å². The van der Waals surface area contributed by atoms with Crippen molar-refractivity contribution in [3.05, 3.63) is 59.5 Å². The standard InChI is InChI=1S/C16H12FN3O3/c1-9-14(11-4-2-3-5-12(11)17)19-20(15(9)21)13-8-10(16(22)23)6-7-18-13/h2-8,21H,1H3,(H,22,23). The number of carboxylic acid groups (broad SMARTS) is 1. The highest BCUT2D eigenvalue weighted by molar-refractivity contribution is 5.87. The Morgan fingerprint density at radius 2 is 2.00 bits per heavy atom. The van der Waals surface area contributed by atoms with Crippen molar-refractivity contribution in [3.63, 3.8) is 0 Å². The normalized spacial score (nSPS) is 10.7. The quantitative estimate of drug-likeness (QED) is 0.776. The largest absolute Gasteiger partial charge is 0.493 e. The van der Waals surface area contributed by atoms with E-state index in [1.807, 2.05) is 0 Å². The van der Waals surface area contributed by atoms with E-state index >= 15 is 0 Å². The first kappa shape index (κ1) is 14.7. The zero-order valence-electron chi connectivity index (χ0n) is 12.1. The van der Waals surface area contributed by atoms with Gasteiger partial charge in [0.2, 0.25) is 5.88 Å². The molecule has 116 valence electrons.